The zero-order valence-electron chi connectivity index (χ0n) is 9.90. The minimum Gasteiger partial charge on any atom is -0.493 e. The van der Waals surface area contributed by atoms with Crippen molar-refractivity contribution in [3.05, 3.63) is 51.7 Å². The first-order valence-corrected chi connectivity index (χ1v) is 6.42. The minimum atomic E-state index is 0.0350. The van der Waals surface area contributed by atoms with Gasteiger partial charge in [0.2, 0.25) is 0 Å². The van der Waals surface area contributed by atoms with Crippen molar-refractivity contribution in [2.75, 3.05) is 6.61 Å². The molecule has 17 heavy (non-hydrogen) atoms. The highest BCUT2D eigenvalue weighted by Crippen LogP contribution is 2.25. The molecule has 0 saturated carbocycles. The van der Waals surface area contributed by atoms with Crippen molar-refractivity contribution >= 4 is 17.1 Å². The Kier molecular flexibility index (Phi) is 3.59. The van der Waals surface area contributed by atoms with Gasteiger partial charge in [-0.15, -0.1) is 11.3 Å². The summed E-state index contributed by atoms with van der Waals surface area (Å²) in [6, 6.07) is 9.24. The molecule has 1 heterocycles. The zero-order chi connectivity index (χ0) is 12.3. The highest BCUT2D eigenvalue weighted by Gasteiger charge is 2.16. The molecule has 88 valence electrons. The van der Waals surface area contributed by atoms with Crippen molar-refractivity contribution in [2.45, 2.75) is 13.8 Å². The predicted octanol–water partition coefficient (Wildman–Crippen LogP) is 3.69. The van der Waals surface area contributed by atoms with Gasteiger partial charge < -0.3 is 4.74 Å². The fourth-order valence-electron chi connectivity index (χ4n) is 1.70. The van der Waals surface area contributed by atoms with Crippen molar-refractivity contribution in [3.63, 3.8) is 0 Å². The fourth-order valence-corrected chi connectivity index (χ4v) is 2.40. The number of ketones is 1. The summed E-state index contributed by atoms with van der Waals surface area (Å²) in [6.45, 7) is 4.44. The topological polar surface area (TPSA) is 26.3 Å². The summed E-state index contributed by atoms with van der Waals surface area (Å²) in [4.78, 5) is 13.4. The standard InChI is InChI=1S/C14H14O2S/c1-3-16-13-7-5-4-6-12(13)14(15)11-8-9-17-10(11)2/h4-9H,3H2,1-2H3. The van der Waals surface area contributed by atoms with Crippen LogP contribution in [0.1, 0.15) is 27.7 Å². The molecular formula is C14H14O2S. The number of hydrogen-bond acceptors (Lipinski definition) is 3. The summed E-state index contributed by atoms with van der Waals surface area (Å²) < 4.78 is 5.48. The van der Waals surface area contributed by atoms with Crippen LogP contribution in [0, 0.1) is 6.92 Å². The van der Waals surface area contributed by atoms with Crippen molar-refractivity contribution in [3.8, 4) is 5.75 Å². The zero-order valence-corrected chi connectivity index (χ0v) is 10.7. The summed E-state index contributed by atoms with van der Waals surface area (Å²) in [5.74, 6) is 0.693. The van der Waals surface area contributed by atoms with E-state index in [1.54, 1.807) is 11.3 Å². The number of ether oxygens (including phenoxy) is 1. The lowest BCUT2D eigenvalue weighted by Gasteiger charge is -2.08. The van der Waals surface area contributed by atoms with Gasteiger partial charge in [0.25, 0.3) is 0 Å². The van der Waals surface area contributed by atoms with E-state index >= 15 is 0 Å². The van der Waals surface area contributed by atoms with Gasteiger partial charge in [-0.2, -0.15) is 0 Å². The molecule has 2 aromatic rings. The van der Waals surface area contributed by atoms with Crippen molar-refractivity contribution in [1.82, 2.24) is 0 Å². The molecule has 1 aromatic carbocycles. The van der Waals surface area contributed by atoms with Crippen LogP contribution in [0.3, 0.4) is 0 Å². The number of aryl methyl sites for hydroxylation is 1. The number of benzene rings is 1. The Hall–Kier alpha value is -1.61. The molecule has 0 atom stereocenters. The molecule has 0 amide bonds. The van der Waals surface area contributed by atoms with Gasteiger partial charge in [-0.05, 0) is 37.4 Å². The Morgan fingerprint density at radius 2 is 2.00 bits per heavy atom. The molecule has 0 unspecified atom stereocenters. The molecule has 0 aliphatic carbocycles. The van der Waals surface area contributed by atoms with E-state index in [9.17, 15) is 4.79 Å². The average molecular weight is 246 g/mol. The van der Waals surface area contributed by atoms with Crippen molar-refractivity contribution in [1.29, 1.82) is 0 Å². The van der Waals surface area contributed by atoms with Gasteiger partial charge in [0.1, 0.15) is 5.75 Å². The Morgan fingerprint density at radius 3 is 2.65 bits per heavy atom. The van der Waals surface area contributed by atoms with Crippen molar-refractivity contribution < 1.29 is 9.53 Å². The first-order valence-electron chi connectivity index (χ1n) is 5.54. The fraction of sp³-hybridized carbons (Fsp3) is 0.214. The number of thiophene rings is 1. The van der Waals surface area contributed by atoms with E-state index in [0.717, 1.165) is 10.4 Å². The maximum absolute atomic E-state index is 12.4. The summed E-state index contributed by atoms with van der Waals surface area (Å²) in [5, 5.41) is 1.94. The van der Waals surface area contributed by atoms with Crippen LogP contribution in [0.15, 0.2) is 35.7 Å². The van der Waals surface area contributed by atoms with Crippen LogP contribution in [-0.2, 0) is 0 Å². The lowest BCUT2D eigenvalue weighted by Crippen LogP contribution is -2.05. The quantitative estimate of drug-likeness (QED) is 0.769. The third-order valence-corrected chi connectivity index (χ3v) is 3.38. The second-order valence-corrected chi connectivity index (χ2v) is 4.77. The average Bonchev–Trinajstić information content (AvgIpc) is 2.76. The molecule has 0 fully saturated rings. The molecule has 2 nitrogen and oxygen atoms in total. The van der Waals surface area contributed by atoms with Crippen LogP contribution < -0.4 is 4.74 Å². The molecule has 0 radical (unpaired) electrons. The Morgan fingerprint density at radius 1 is 1.24 bits per heavy atom. The van der Waals surface area contributed by atoms with Gasteiger partial charge in [-0.3, -0.25) is 4.79 Å². The monoisotopic (exact) mass is 246 g/mol. The van der Waals surface area contributed by atoms with Gasteiger partial charge in [0.05, 0.1) is 12.2 Å². The minimum absolute atomic E-state index is 0.0350. The number of carbonyl (C=O) groups excluding carboxylic acids is 1. The van der Waals surface area contributed by atoms with E-state index in [0.29, 0.717) is 17.9 Å². The van der Waals surface area contributed by atoms with E-state index in [2.05, 4.69) is 0 Å². The van der Waals surface area contributed by atoms with Gasteiger partial charge in [0, 0.05) is 10.4 Å². The molecular weight excluding hydrogens is 232 g/mol. The normalized spacial score (nSPS) is 10.2. The first-order chi connectivity index (χ1) is 8.24. The summed E-state index contributed by atoms with van der Waals surface area (Å²) in [6.07, 6.45) is 0. The van der Waals surface area contributed by atoms with Crippen LogP contribution >= 0.6 is 11.3 Å². The Bertz CT molecular complexity index is 529. The van der Waals surface area contributed by atoms with E-state index in [-0.39, 0.29) is 5.78 Å². The van der Waals surface area contributed by atoms with Crippen LogP contribution in [0.25, 0.3) is 0 Å². The maximum atomic E-state index is 12.4. The third-order valence-electron chi connectivity index (χ3n) is 2.53. The highest BCUT2D eigenvalue weighted by molar-refractivity contribution is 7.10. The van der Waals surface area contributed by atoms with Crippen LogP contribution in [-0.4, -0.2) is 12.4 Å². The van der Waals surface area contributed by atoms with Crippen LogP contribution in [0.2, 0.25) is 0 Å². The predicted molar refractivity (Wildman–Crippen MR) is 70.1 cm³/mol. The number of rotatable bonds is 4. The van der Waals surface area contributed by atoms with Gasteiger partial charge in [-0.1, -0.05) is 12.1 Å². The van der Waals surface area contributed by atoms with Crippen LogP contribution in [0.5, 0.6) is 5.75 Å². The lowest BCUT2D eigenvalue weighted by molar-refractivity contribution is 0.103. The molecule has 0 bridgehead atoms. The number of para-hydroxylation sites is 1. The molecule has 0 aliphatic rings. The Balaban J connectivity index is 2.40. The summed E-state index contributed by atoms with van der Waals surface area (Å²) in [5.41, 5.74) is 1.40. The number of carbonyl (C=O) groups is 1. The van der Waals surface area contributed by atoms with E-state index in [4.69, 9.17) is 4.74 Å². The first kappa shape index (κ1) is 11.9. The molecule has 0 N–H and O–H groups in total. The second-order valence-electron chi connectivity index (χ2n) is 3.65. The molecule has 1 aromatic heterocycles. The van der Waals surface area contributed by atoms with Crippen molar-refractivity contribution in [2.24, 2.45) is 0 Å². The molecule has 0 saturated heterocycles. The molecule has 3 heteroatoms. The largest absolute Gasteiger partial charge is 0.493 e. The molecule has 2 rings (SSSR count). The summed E-state index contributed by atoms with van der Waals surface area (Å²) in [7, 11) is 0. The molecule has 0 aliphatic heterocycles. The third kappa shape index (κ3) is 2.39. The van der Waals surface area contributed by atoms with Gasteiger partial charge in [0.15, 0.2) is 5.78 Å². The maximum Gasteiger partial charge on any atom is 0.197 e. The van der Waals surface area contributed by atoms with E-state index < -0.39 is 0 Å². The van der Waals surface area contributed by atoms with E-state index in [1.807, 2.05) is 49.6 Å². The van der Waals surface area contributed by atoms with Crippen LogP contribution in [0.4, 0.5) is 0 Å². The van der Waals surface area contributed by atoms with E-state index in [1.165, 1.54) is 0 Å². The SMILES string of the molecule is CCOc1ccccc1C(=O)c1ccsc1C. The molecule has 0 spiro atoms. The second kappa shape index (κ2) is 5.15. The van der Waals surface area contributed by atoms with Gasteiger partial charge >= 0.3 is 0 Å². The Labute approximate surface area is 105 Å². The smallest absolute Gasteiger partial charge is 0.197 e. The summed E-state index contributed by atoms with van der Waals surface area (Å²) >= 11 is 1.58. The van der Waals surface area contributed by atoms with Gasteiger partial charge in [-0.25, -0.2) is 0 Å². The highest BCUT2D eigenvalue weighted by atomic mass is 32.1. The lowest BCUT2D eigenvalue weighted by atomic mass is 10.0. The number of hydrogen-bond donors (Lipinski definition) is 0.